The maximum absolute atomic E-state index is 8.50. The lowest BCUT2D eigenvalue weighted by Crippen LogP contribution is -2.02. The average Bonchev–Trinajstić information content (AvgIpc) is 2.21. The molecule has 0 aliphatic rings. The van der Waals surface area contributed by atoms with Crippen LogP contribution in [0.3, 0.4) is 0 Å². The summed E-state index contributed by atoms with van der Waals surface area (Å²) in [4.78, 5) is 7.61. The Labute approximate surface area is 74.8 Å². The number of nitriles is 2. The largest absolute Gasteiger partial charge is 0.395 e. The topological polar surface area (TPSA) is 99.4 Å². The van der Waals surface area contributed by atoms with Crippen LogP contribution in [0.15, 0.2) is 24.2 Å². The van der Waals surface area contributed by atoms with Gasteiger partial charge in [-0.3, -0.25) is 9.97 Å². The number of nitrogens with zero attached hydrogens (tertiary/aromatic N) is 4. The molecule has 0 atom stereocenters. The van der Waals surface area contributed by atoms with Crippen molar-refractivity contribution in [1.29, 1.82) is 10.5 Å². The molecule has 13 heavy (non-hydrogen) atoms. The van der Waals surface area contributed by atoms with Gasteiger partial charge in [0.25, 0.3) is 0 Å². The summed E-state index contributed by atoms with van der Waals surface area (Å²) in [5, 5.41) is 17.0. The lowest BCUT2D eigenvalue weighted by molar-refractivity contribution is 1.15. The van der Waals surface area contributed by atoms with Crippen molar-refractivity contribution in [2.75, 3.05) is 0 Å². The fraction of sp³-hybridized carbons (Fsp3) is 0. The molecule has 0 unspecified atom stereocenters. The van der Waals surface area contributed by atoms with E-state index in [0.717, 1.165) is 0 Å². The number of hydrogen-bond acceptors (Lipinski definition) is 5. The highest BCUT2D eigenvalue weighted by Gasteiger charge is 2.04. The van der Waals surface area contributed by atoms with Crippen LogP contribution in [-0.2, 0) is 0 Å². The second-order valence-electron chi connectivity index (χ2n) is 2.10. The summed E-state index contributed by atoms with van der Waals surface area (Å²) in [6.45, 7) is 0. The Morgan fingerprint density at radius 2 is 2.00 bits per heavy atom. The molecule has 5 nitrogen and oxygen atoms in total. The van der Waals surface area contributed by atoms with Crippen LogP contribution in [0.5, 0.6) is 0 Å². The molecule has 0 spiro atoms. The van der Waals surface area contributed by atoms with E-state index < -0.39 is 0 Å². The van der Waals surface area contributed by atoms with E-state index in [4.69, 9.17) is 16.3 Å². The van der Waals surface area contributed by atoms with Crippen LogP contribution in [0.4, 0.5) is 0 Å². The summed E-state index contributed by atoms with van der Waals surface area (Å²) in [5.74, 6) is 0. The highest BCUT2D eigenvalue weighted by molar-refractivity contribution is 5.70. The van der Waals surface area contributed by atoms with E-state index in [1.165, 1.54) is 18.6 Å². The van der Waals surface area contributed by atoms with Crippen molar-refractivity contribution in [2.45, 2.75) is 0 Å². The van der Waals surface area contributed by atoms with Gasteiger partial charge in [-0.2, -0.15) is 10.5 Å². The molecule has 0 aliphatic carbocycles. The molecular weight excluding hydrogens is 166 g/mol. The number of hydrogen-bond donors (Lipinski definition) is 1. The Morgan fingerprint density at radius 3 is 2.46 bits per heavy atom. The van der Waals surface area contributed by atoms with E-state index in [1.54, 1.807) is 12.1 Å². The standard InChI is InChI=1S/C8H5N5/c9-3-6(4-10)8(11)7-5-12-1-2-13-7/h1-2,5H,11H2. The minimum absolute atomic E-state index is 0.0538. The number of nitrogens with two attached hydrogens (primary N) is 1. The van der Waals surface area contributed by atoms with Gasteiger partial charge in [0.15, 0.2) is 5.57 Å². The number of aromatic nitrogens is 2. The summed E-state index contributed by atoms with van der Waals surface area (Å²) in [6, 6.07) is 3.35. The lowest BCUT2D eigenvalue weighted by atomic mass is 10.2. The molecule has 0 aromatic carbocycles. The molecule has 1 aromatic heterocycles. The Bertz CT molecular complexity index is 390. The summed E-state index contributed by atoms with van der Waals surface area (Å²) in [5.41, 5.74) is 5.73. The molecule has 0 saturated carbocycles. The second-order valence-corrected chi connectivity index (χ2v) is 2.10. The average molecular weight is 171 g/mol. The van der Waals surface area contributed by atoms with Gasteiger partial charge in [0.1, 0.15) is 17.8 Å². The molecule has 62 valence electrons. The summed E-state index contributed by atoms with van der Waals surface area (Å²) < 4.78 is 0. The fourth-order valence-electron chi connectivity index (χ4n) is 0.712. The predicted octanol–water partition coefficient (Wildman–Crippen LogP) is 0.194. The van der Waals surface area contributed by atoms with E-state index in [9.17, 15) is 0 Å². The van der Waals surface area contributed by atoms with Crippen molar-refractivity contribution in [3.63, 3.8) is 0 Å². The van der Waals surface area contributed by atoms with Gasteiger partial charge in [-0.15, -0.1) is 0 Å². The summed E-state index contributed by atoms with van der Waals surface area (Å²) >= 11 is 0. The van der Waals surface area contributed by atoms with Crippen molar-refractivity contribution >= 4 is 5.70 Å². The molecule has 0 saturated heterocycles. The first-order chi connectivity index (χ1) is 6.29. The fourth-order valence-corrected chi connectivity index (χ4v) is 0.712. The van der Waals surface area contributed by atoms with E-state index in [-0.39, 0.29) is 11.3 Å². The lowest BCUT2D eigenvalue weighted by Gasteiger charge is -1.97. The van der Waals surface area contributed by atoms with Gasteiger partial charge in [0, 0.05) is 12.4 Å². The van der Waals surface area contributed by atoms with Gasteiger partial charge >= 0.3 is 0 Å². The van der Waals surface area contributed by atoms with Crippen molar-refractivity contribution in [1.82, 2.24) is 9.97 Å². The van der Waals surface area contributed by atoms with Crippen LogP contribution in [0.1, 0.15) is 5.69 Å². The van der Waals surface area contributed by atoms with Crippen molar-refractivity contribution in [3.05, 3.63) is 29.9 Å². The first kappa shape index (κ1) is 8.69. The van der Waals surface area contributed by atoms with Crippen molar-refractivity contribution in [2.24, 2.45) is 5.73 Å². The zero-order valence-electron chi connectivity index (χ0n) is 6.60. The monoisotopic (exact) mass is 171 g/mol. The van der Waals surface area contributed by atoms with E-state index in [2.05, 4.69) is 9.97 Å². The smallest absolute Gasteiger partial charge is 0.154 e. The van der Waals surface area contributed by atoms with Gasteiger partial charge in [0.2, 0.25) is 0 Å². The minimum Gasteiger partial charge on any atom is -0.395 e. The van der Waals surface area contributed by atoms with Gasteiger partial charge in [-0.1, -0.05) is 0 Å². The van der Waals surface area contributed by atoms with Crippen LogP contribution in [-0.4, -0.2) is 9.97 Å². The van der Waals surface area contributed by atoms with Crippen LogP contribution in [0, 0.1) is 22.7 Å². The van der Waals surface area contributed by atoms with E-state index in [1.807, 2.05) is 0 Å². The molecule has 1 heterocycles. The van der Waals surface area contributed by atoms with E-state index in [0.29, 0.717) is 5.69 Å². The molecule has 5 heteroatoms. The van der Waals surface area contributed by atoms with Crippen LogP contribution in [0.2, 0.25) is 0 Å². The molecule has 0 radical (unpaired) electrons. The predicted molar refractivity (Wildman–Crippen MR) is 44.4 cm³/mol. The highest BCUT2D eigenvalue weighted by atomic mass is 14.8. The maximum Gasteiger partial charge on any atom is 0.154 e. The first-order valence-electron chi connectivity index (χ1n) is 3.36. The Morgan fingerprint density at radius 1 is 1.31 bits per heavy atom. The molecule has 0 bridgehead atoms. The van der Waals surface area contributed by atoms with Gasteiger partial charge < -0.3 is 5.73 Å². The summed E-state index contributed by atoms with van der Waals surface area (Å²) in [6.07, 6.45) is 4.31. The Kier molecular flexibility index (Phi) is 2.57. The molecule has 0 aliphatic heterocycles. The second kappa shape index (κ2) is 3.84. The maximum atomic E-state index is 8.50. The van der Waals surface area contributed by atoms with Crippen LogP contribution in [0.25, 0.3) is 5.70 Å². The first-order valence-corrected chi connectivity index (χ1v) is 3.36. The van der Waals surface area contributed by atoms with Crippen LogP contribution >= 0.6 is 0 Å². The zero-order valence-corrected chi connectivity index (χ0v) is 6.60. The Hall–Kier alpha value is -2.40. The zero-order chi connectivity index (χ0) is 9.68. The molecule has 2 N–H and O–H groups in total. The molecule has 0 amide bonds. The quantitative estimate of drug-likeness (QED) is 0.608. The Balaban J connectivity index is 3.21. The van der Waals surface area contributed by atoms with E-state index >= 15 is 0 Å². The van der Waals surface area contributed by atoms with Gasteiger partial charge in [0.05, 0.1) is 11.9 Å². The molecule has 1 aromatic rings. The van der Waals surface area contributed by atoms with Gasteiger partial charge in [-0.25, -0.2) is 0 Å². The van der Waals surface area contributed by atoms with Gasteiger partial charge in [-0.05, 0) is 0 Å². The summed E-state index contributed by atoms with van der Waals surface area (Å²) in [7, 11) is 0. The normalized spacial score (nSPS) is 8.15. The number of rotatable bonds is 1. The highest BCUT2D eigenvalue weighted by Crippen LogP contribution is 2.07. The third-order valence-electron chi connectivity index (χ3n) is 1.33. The third kappa shape index (κ3) is 1.79. The minimum atomic E-state index is -0.152. The molecular formula is C8H5N5. The SMILES string of the molecule is N#CC(C#N)=C(N)c1cnccn1. The van der Waals surface area contributed by atoms with Crippen molar-refractivity contribution < 1.29 is 0 Å². The number of allylic oxidation sites excluding steroid dienone is 1. The van der Waals surface area contributed by atoms with Crippen molar-refractivity contribution in [3.8, 4) is 12.1 Å². The molecule has 1 rings (SSSR count). The third-order valence-corrected chi connectivity index (χ3v) is 1.33. The van der Waals surface area contributed by atoms with Crippen LogP contribution < -0.4 is 5.73 Å². The molecule has 0 fully saturated rings.